The Morgan fingerprint density at radius 3 is 2.42 bits per heavy atom. The molecule has 0 N–H and O–H groups in total. The van der Waals surface area contributed by atoms with Gasteiger partial charge in [-0.1, -0.05) is 13.3 Å². The van der Waals surface area contributed by atoms with E-state index in [-0.39, 0.29) is 5.92 Å². The third kappa shape index (κ3) is 2.94. The van der Waals surface area contributed by atoms with Gasteiger partial charge in [0.25, 0.3) is 0 Å². The van der Waals surface area contributed by atoms with Crippen LogP contribution >= 0.6 is 0 Å². The van der Waals surface area contributed by atoms with Crippen LogP contribution in [0.25, 0.3) is 0 Å². The molecule has 12 heavy (non-hydrogen) atoms. The van der Waals surface area contributed by atoms with E-state index in [9.17, 15) is 4.79 Å². The summed E-state index contributed by atoms with van der Waals surface area (Å²) in [5.41, 5.74) is 0. The van der Waals surface area contributed by atoms with Crippen molar-refractivity contribution >= 4 is 5.78 Å². The van der Waals surface area contributed by atoms with Gasteiger partial charge in [0, 0.05) is 12.5 Å². The zero-order valence-corrected chi connectivity index (χ0v) is 8.18. The van der Waals surface area contributed by atoms with Gasteiger partial charge in [0.15, 0.2) is 0 Å². The fourth-order valence-corrected chi connectivity index (χ4v) is 1.66. The van der Waals surface area contributed by atoms with Gasteiger partial charge < -0.3 is 4.90 Å². The van der Waals surface area contributed by atoms with Gasteiger partial charge in [0.2, 0.25) is 0 Å². The van der Waals surface area contributed by atoms with Crippen molar-refractivity contribution in [2.24, 2.45) is 5.92 Å². The van der Waals surface area contributed by atoms with Crippen LogP contribution < -0.4 is 0 Å². The van der Waals surface area contributed by atoms with Crippen LogP contribution in [0.5, 0.6) is 0 Å². The van der Waals surface area contributed by atoms with E-state index in [1.54, 1.807) is 6.92 Å². The minimum absolute atomic E-state index is 0.225. The molecule has 0 amide bonds. The molecule has 1 heterocycles. The molecule has 0 aromatic heterocycles. The van der Waals surface area contributed by atoms with Crippen molar-refractivity contribution in [2.75, 3.05) is 19.6 Å². The summed E-state index contributed by atoms with van der Waals surface area (Å²) in [4.78, 5) is 13.4. The lowest BCUT2D eigenvalue weighted by Crippen LogP contribution is -2.35. The molecule has 0 saturated carbocycles. The molecule has 1 fully saturated rings. The monoisotopic (exact) mass is 169 g/mol. The van der Waals surface area contributed by atoms with E-state index in [4.69, 9.17) is 0 Å². The smallest absolute Gasteiger partial charge is 0.133 e. The lowest BCUT2D eigenvalue weighted by molar-refractivity contribution is -0.120. The maximum absolute atomic E-state index is 11.0. The van der Waals surface area contributed by atoms with Crippen molar-refractivity contribution < 1.29 is 4.79 Å². The molecule has 0 radical (unpaired) electrons. The van der Waals surface area contributed by atoms with Crippen LogP contribution in [-0.4, -0.2) is 30.3 Å². The van der Waals surface area contributed by atoms with Gasteiger partial charge in [-0.05, 0) is 32.9 Å². The van der Waals surface area contributed by atoms with Crippen molar-refractivity contribution in [2.45, 2.75) is 33.1 Å². The number of Topliss-reactive ketones (excluding diaryl/α,β-unsaturated/α-hetero) is 1. The summed E-state index contributed by atoms with van der Waals surface area (Å²) in [5.74, 6) is 0.545. The first-order valence-corrected chi connectivity index (χ1v) is 4.93. The highest BCUT2D eigenvalue weighted by atomic mass is 16.1. The number of carbonyl (C=O) groups is 1. The topological polar surface area (TPSA) is 20.3 Å². The number of piperidine rings is 1. The molecule has 1 rings (SSSR count). The second kappa shape index (κ2) is 4.61. The first kappa shape index (κ1) is 9.72. The van der Waals surface area contributed by atoms with E-state index in [0.29, 0.717) is 5.78 Å². The molecule has 0 bridgehead atoms. The Kier molecular flexibility index (Phi) is 3.73. The summed E-state index contributed by atoms with van der Waals surface area (Å²) < 4.78 is 0. The van der Waals surface area contributed by atoms with Crippen LogP contribution in [0.1, 0.15) is 33.1 Å². The Hall–Kier alpha value is -0.370. The van der Waals surface area contributed by atoms with E-state index < -0.39 is 0 Å². The Labute approximate surface area is 74.9 Å². The van der Waals surface area contributed by atoms with Gasteiger partial charge in [-0.25, -0.2) is 0 Å². The zero-order chi connectivity index (χ0) is 8.97. The van der Waals surface area contributed by atoms with E-state index in [1.807, 2.05) is 6.92 Å². The summed E-state index contributed by atoms with van der Waals surface area (Å²) in [5, 5.41) is 0. The number of ketones is 1. The number of likely N-dealkylation sites (tertiary alicyclic amines) is 1. The Morgan fingerprint density at radius 2 is 1.92 bits per heavy atom. The molecule has 0 spiro atoms. The summed E-state index contributed by atoms with van der Waals surface area (Å²) in [6, 6.07) is 0. The van der Waals surface area contributed by atoms with Crippen LogP contribution in [-0.2, 0) is 4.79 Å². The number of hydrogen-bond acceptors (Lipinski definition) is 2. The average molecular weight is 169 g/mol. The molecule has 70 valence electrons. The van der Waals surface area contributed by atoms with E-state index in [0.717, 1.165) is 6.54 Å². The Morgan fingerprint density at radius 1 is 1.33 bits per heavy atom. The van der Waals surface area contributed by atoms with Gasteiger partial charge in [0.1, 0.15) is 5.78 Å². The van der Waals surface area contributed by atoms with Crippen LogP contribution in [0, 0.1) is 5.92 Å². The molecule has 0 aliphatic carbocycles. The molecule has 2 nitrogen and oxygen atoms in total. The SMILES string of the molecule is CC(=O)C(C)CN1CCCCC1. The molecule has 1 aliphatic heterocycles. The fraction of sp³-hybridized carbons (Fsp3) is 0.900. The first-order chi connectivity index (χ1) is 5.70. The molecule has 0 aromatic rings. The maximum Gasteiger partial charge on any atom is 0.133 e. The number of carbonyl (C=O) groups excluding carboxylic acids is 1. The van der Waals surface area contributed by atoms with Gasteiger partial charge >= 0.3 is 0 Å². The van der Waals surface area contributed by atoms with Crippen molar-refractivity contribution in [3.05, 3.63) is 0 Å². The molecule has 1 atom stereocenters. The molecule has 1 aliphatic rings. The molecular weight excluding hydrogens is 150 g/mol. The quantitative estimate of drug-likeness (QED) is 0.641. The number of hydrogen-bond donors (Lipinski definition) is 0. The van der Waals surface area contributed by atoms with Crippen LogP contribution in [0.4, 0.5) is 0 Å². The maximum atomic E-state index is 11.0. The number of nitrogens with zero attached hydrogens (tertiary/aromatic N) is 1. The van der Waals surface area contributed by atoms with Crippen molar-refractivity contribution in [1.29, 1.82) is 0 Å². The van der Waals surface area contributed by atoms with Crippen LogP contribution in [0.2, 0.25) is 0 Å². The lowest BCUT2D eigenvalue weighted by atomic mass is 10.1. The zero-order valence-electron chi connectivity index (χ0n) is 8.18. The summed E-state index contributed by atoms with van der Waals surface area (Å²) in [6.45, 7) is 7.07. The normalized spacial score (nSPS) is 22.2. The highest BCUT2D eigenvalue weighted by molar-refractivity contribution is 5.78. The van der Waals surface area contributed by atoms with Crippen molar-refractivity contribution in [3.8, 4) is 0 Å². The summed E-state index contributed by atoms with van der Waals surface area (Å²) >= 11 is 0. The van der Waals surface area contributed by atoms with Gasteiger partial charge in [-0.2, -0.15) is 0 Å². The Bertz CT molecular complexity index is 150. The molecular formula is C10H19NO. The summed E-state index contributed by atoms with van der Waals surface area (Å²) in [6.07, 6.45) is 3.99. The molecule has 1 unspecified atom stereocenters. The third-order valence-electron chi connectivity index (χ3n) is 2.67. The van der Waals surface area contributed by atoms with E-state index in [1.165, 1.54) is 32.4 Å². The standard InChI is InChI=1S/C10H19NO/c1-9(10(2)12)8-11-6-4-3-5-7-11/h9H,3-8H2,1-2H3. The Balaban J connectivity index is 2.24. The third-order valence-corrected chi connectivity index (χ3v) is 2.67. The second-order valence-electron chi connectivity index (χ2n) is 3.87. The van der Waals surface area contributed by atoms with Gasteiger partial charge in [-0.15, -0.1) is 0 Å². The van der Waals surface area contributed by atoms with Crippen molar-refractivity contribution in [1.82, 2.24) is 4.90 Å². The lowest BCUT2D eigenvalue weighted by Gasteiger charge is -2.28. The van der Waals surface area contributed by atoms with E-state index in [2.05, 4.69) is 4.90 Å². The largest absolute Gasteiger partial charge is 0.303 e. The molecule has 0 aromatic carbocycles. The minimum Gasteiger partial charge on any atom is -0.303 e. The highest BCUT2D eigenvalue weighted by Gasteiger charge is 2.15. The fourth-order valence-electron chi connectivity index (χ4n) is 1.66. The van der Waals surface area contributed by atoms with Gasteiger partial charge in [-0.3, -0.25) is 4.79 Å². The second-order valence-corrected chi connectivity index (χ2v) is 3.87. The predicted octanol–water partition coefficient (Wildman–Crippen LogP) is 1.70. The predicted molar refractivity (Wildman–Crippen MR) is 50.1 cm³/mol. The minimum atomic E-state index is 0.225. The van der Waals surface area contributed by atoms with Crippen LogP contribution in [0.3, 0.4) is 0 Å². The number of rotatable bonds is 3. The molecule has 2 heteroatoms. The average Bonchev–Trinajstić information content (AvgIpc) is 2.06. The first-order valence-electron chi connectivity index (χ1n) is 4.93. The molecule has 1 saturated heterocycles. The highest BCUT2D eigenvalue weighted by Crippen LogP contribution is 2.10. The van der Waals surface area contributed by atoms with E-state index >= 15 is 0 Å². The van der Waals surface area contributed by atoms with Gasteiger partial charge in [0.05, 0.1) is 0 Å². The van der Waals surface area contributed by atoms with Crippen molar-refractivity contribution in [3.63, 3.8) is 0 Å². The summed E-state index contributed by atoms with van der Waals surface area (Å²) in [7, 11) is 0. The van der Waals surface area contributed by atoms with Crippen LogP contribution in [0.15, 0.2) is 0 Å².